The summed E-state index contributed by atoms with van der Waals surface area (Å²) in [5.41, 5.74) is 3.58. The van der Waals surface area contributed by atoms with E-state index in [0.717, 1.165) is 113 Å². The largest absolute Gasteiger partial charge is 0.493 e. The number of aliphatic imine (C=N–C) groups is 2. The second-order valence-corrected chi connectivity index (χ2v) is 12.0. The van der Waals surface area contributed by atoms with Crippen molar-refractivity contribution in [3.63, 3.8) is 0 Å². The smallest absolute Gasteiger partial charge is 0.176 e. The highest BCUT2D eigenvalue weighted by Crippen LogP contribution is 2.28. The fraction of sp³-hybridized carbons (Fsp3) is 0.550. The molecule has 0 N–H and O–H groups in total. The Balaban J connectivity index is 2.46. The fourth-order valence-electron chi connectivity index (χ4n) is 5.34. The fourth-order valence-corrected chi connectivity index (χ4v) is 5.34. The number of ether oxygens (including phenoxy) is 2. The van der Waals surface area contributed by atoms with Gasteiger partial charge < -0.3 is 19.3 Å². The quantitative estimate of drug-likeness (QED) is 0.0635. The van der Waals surface area contributed by atoms with Crippen LogP contribution in [0.2, 0.25) is 0 Å². The Morgan fingerprint density at radius 2 is 0.958 bits per heavy atom. The maximum atomic E-state index is 10.0. The maximum Gasteiger partial charge on any atom is 0.176 e. The molecular formula is C40H58N6O2. The molecule has 0 aromatic heterocycles. The molecule has 0 radical (unpaired) electrons. The first-order valence-electron chi connectivity index (χ1n) is 18.2. The van der Waals surface area contributed by atoms with Crippen molar-refractivity contribution in [1.29, 1.82) is 10.5 Å². The van der Waals surface area contributed by atoms with Crippen molar-refractivity contribution < 1.29 is 9.47 Å². The van der Waals surface area contributed by atoms with Gasteiger partial charge in [-0.05, 0) is 62.8 Å². The summed E-state index contributed by atoms with van der Waals surface area (Å²) in [4.78, 5) is 13.6. The lowest BCUT2D eigenvalue weighted by Crippen LogP contribution is -2.24. The molecule has 0 unspecified atom stereocenters. The van der Waals surface area contributed by atoms with Gasteiger partial charge in [0.15, 0.2) is 11.4 Å². The molecule has 0 fully saturated rings. The Morgan fingerprint density at radius 3 is 1.27 bits per heavy atom. The molecule has 0 atom stereocenters. The van der Waals surface area contributed by atoms with Crippen molar-refractivity contribution in [1.82, 2.24) is 0 Å². The second-order valence-electron chi connectivity index (χ2n) is 12.0. The van der Waals surface area contributed by atoms with Crippen molar-refractivity contribution in [3.8, 4) is 23.6 Å². The van der Waals surface area contributed by atoms with E-state index in [0.29, 0.717) is 24.7 Å². The van der Waals surface area contributed by atoms with Crippen LogP contribution in [0.3, 0.4) is 0 Å². The molecule has 0 heterocycles. The number of benzene rings is 2. The number of unbranched alkanes of at least 4 members (excludes halogenated alkanes) is 4. The summed E-state index contributed by atoms with van der Waals surface area (Å²) >= 11 is 0. The first-order valence-corrected chi connectivity index (χ1v) is 18.2. The molecule has 0 amide bonds. The zero-order chi connectivity index (χ0) is 35.0. The van der Waals surface area contributed by atoms with Crippen LogP contribution in [-0.2, 0) is 0 Å². The summed E-state index contributed by atoms with van der Waals surface area (Å²) < 4.78 is 12.5. The molecule has 0 saturated heterocycles. The van der Waals surface area contributed by atoms with E-state index in [1.807, 2.05) is 12.1 Å². The number of nitriles is 2. The molecule has 0 aliphatic rings. The number of nitrogens with zero attached hydrogens (tertiary/aromatic N) is 6. The van der Waals surface area contributed by atoms with Crippen LogP contribution in [0.15, 0.2) is 57.8 Å². The Kier molecular flexibility index (Phi) is 19.9. The lowest BCUT2D eigenvalue weighted by molar-refractivity contribution is 0.306. The molecule has 260 valence electrons. The van der Waals surface area contributed by atoms with Crippen molar-refractivity contribution in [2.75, 3.05) is 49.2 Å². The number of rotatable bonds is 24. The van der Waals surface area contributed by atoms with Gasteiger partial charge in [0.05, 0.1) is 13.2 Å². The third-order valence-corrected chi connectivity index (χ3v) is 7.81. The van der Waals surface area contributed by atoms with E-state index in [1.54, 1.807) is 12.4 Å². The highest BCUT2D eigenvalue weighted by molar-refractivity contribution is 5.87. The molecule has 8 nitrogen and oxygen atoms in total. The molecule has 2 aromatic carbocycles. The standard InChI is InChI=1S/C40H58N6O2/c1-7-13-15-25-47-39-27-35(45(21-9-3)22-10-4)19-17-33(39)31-43-37(29-41)38(30-42)44-32-34-18-20-36(46(23-11-5)24-12-6)28-40(34)48-26-16-14-8-2/h17-20,27-28,31-32H,7-16,21-26H2,1-6H3/b38-37+,43-31?,44-32?. The van der Waals surface area contributed by atoms with E-state index in [-0.39, 0.29) is 11.4 Å². The van der Waals surface area contributed by atoms with Crippen LogP contribution in [0.25, 0.3) is 0 Å². The Labute approximate surface area is 290 Å². The van der Waals surface area contributed by atoms with E-state index in [2.05, 4.69) is 97.7 Å². The molecule has 0 aliphatic carbocycles. The van der Waals surface area contributed by atoms with Crippen LogP contribution >= 0.6 is 0 Å². The maximum absolute atomic E-state index is 10.0. The highest BCUT2D eigenvalue weighted by atomic mass is 16.5. The van der Waals surface area contributed by atoms with Crippen LogP contribution in [0.1, 0.15) is 117 Å². The average molecular weight is 655 g/mol. The van der Waals surface area contributed by atoms with Crippen LogP contribution in [0.4, 0.5) is 11.4 Å². The Hall–Kier alpha value is -4.30. The summed E-state index contributed by atoms with van der Waals surface area (Å²) in [6.07, 6.45) is 13.7. The lowest BCUT2D eigenvalue weighted by atomic mass is 10.1. The molecule has 0 saturated carbocycles. The lowest BCUT2D eigenvalue weighted by Gasteiger charge is -2.25. The van der Waals surface area contributed by atoms with E-state index in [1.165, 1.54) is 0 Å². The van der Waals surface area contributed by atoms with Gasteiger partial charge in [-0.25, -0.2) is 9.98 Å². The van der Waals surface area contributed by atoms with Gasteiger partial charge in [-0.1, -0.05) is 67.2 Å². The van der Waals surface area contributed by atoms with E-state index >= 15 is 0 Å². The zero-order valence-corrected chi connectivity index (χ0v) is 30.4. The van der Waals surface area contributed by atoms with Crippen molar-refractivity contribution in [3.05, 3.63) is 58.9 Å². The zero-order valence-electron chi connectivity index (χ0n) is 30.4. The highest BCUT2D eigenvalue weighted by Gasteiger charge is 2.13. The van der Waals surface area contributed by atoms with E-state index < -0.39 is 0 Å². The van der Waals surface area contributed by atoms with Crippen molar-refractivity contribution in [2.24, 2.45) is 9.98 Å². The number of hydrogen-bond acceptors (Lipinski definition) is 8. The summed E-state index contributed by atoms with van der Waals surface area (Å²) in [6, 6.07) is 16.4. The molecule has 2 rings (SSSR count). The summed E-state index contributed by atoms with van der Waals surface area (Å²) in [6.45, 7) is 18.1. The molecule has 48 heavy (non-hydrogen) atoms. The molecule has 8 heteroatoms. The predicted molar refractivity (Wildman–Crippen MR) is 202 cm³/mol. The number of anilines is 2. The van der Waals surface area contributed by atoms with E-state index in [9.17, 15) is 10.5 Å². The minimum Gasteiger partial charge on any atom is -0.493 e. The average Bonchev–Trinajstić information content (AvgIpc) is 3.10. The monoisotopic (exact) mass is 654 g/mol. The SMILES string of the molecule is CCCCCOc1cc(N(CCC)CCC)ccc1C=N/C(C#N)=C(\C#N)N=Cc1ccc(N(CCC)CCC)cc1OCCCCC. The number of allylic oxidation sites excluding steroid dienone is 2. The van der Waals surface area contributed by atoms with Gasteiger partial charge in [-0.3, -0.25) is 0 Å². The van der Waals surface area contributed by atoms with Gasteiger partial charge in [0.2, 0.25) is 0 Å². The number of hydrogen-bond donors (Lipinski definition) is 0. The third-order valence-electron chi connectivity index (χ3n) is 7.81. The minimum absolute atomic E-state index is 0.0625. The summed E-state index contributed by atoms with van der Waals surface area (Å²) in [5, 5.41) is 20.0. The second kappa shape index (κ2) is 23.9. The van der Waals surface area contributed by atoms with Crippen molar-refractivity contribution in [2.45, 2.75) is 106 Å². The van der Waals surface area contributed by atoms with E-state index in [4.69, 9.17) is 9.47 Å². The molecule has 2 aromatic rings. The Bertz CT molecular complexity index is 1280. The van der Waals surface area contributed by atoms with Gasteiger partial charge in [-0.2, -0.15) is 10.5 Å². The van der Waals surface area contributed by atoms with Crippen LogP contribution in [0.5, 0.6) is 11.5 Å². The molecular weight excluding hydrogens is 596 g/mol. The summed E-state index contributed by atoms with van der Waals surface area (Å²) in [7, 11) is 0. The van der Waals surface area contributed by atoms with Gasteiger partial charge >= 0.3 is 0 Å². The topological polar surface area (TPSA) is 97.2 Å². The van der Waals surface area contributed by atoms with Crippen LogP contribution < -0.4 is 19.3 Å². The molecule has 0 spiro atoms. The van der Waals surface area contributed by atoms with Crippen molar-refractivity contribution >= 4 is 23.8 Å². The normalized spacial score (nSPS) is 11.8. The van der Waals surface area contributed by atoms with Gasteiger partial charge in [0.25, 0.3) is 0 Å². The summed E-state index contributed by atoms with van der Waals surface area (Å²) in [5.74, 6) is 1.43. The first-order chi connectivity index (χ1) is 23.5. The van der Waals surface area contributed by atoms with Crippen LogP contribution in [-0.4, -0.2) is 51.8 Å². The Morgan fingerprint density at radius 1 is 0.583 bits per heavy atom. The van der Waals surface area contributed by atoms with Gasteiger partial charge in [0.1, 0.15) is 23.6 Å². The van der Waals surface area contributed by atoms with Crippen LogP contribution in [0, 0.1) is 22.7 Å². The van der Waals surface area contributed by atoms with Gasteiger partial charge in [-0.15, -0.1) is 0 Å². The third kappa shape index (κ3) is 13.4. The molecule has 0 bridgehead atoms. The molecule has 0 aliphatic heterocycles. The first kappa shape index (κ1) is 39.9. The minimum atomic E-state index is -0.0625. The predicted octanol–water partition coefficient (Wildman–Crippen LogP) is 9.87. The van der Waals surface area contributed by atoms with Gasteiger partial charge in [0, 0.05) is 73.2 Å².